The summed E-state index contributed by atoms with van der Waals surface area (Å²) in [4.78, 5) is 27.4. The van der Waals surface area contributed by atoms with Crippen LogP contribution in [0.1, 0.15) is 25.3 Å². The zero-order valence-electron chi connectivity index (χ0n) is 16.3. The molecule has 1 aliphatic heterocycles. The number of carbonyl (C=O) groups excluding carboxylic acids is 2. The number of carbonyl (C=O) groups is 2. The Balaban J connectivity index is 1.93. The smallest absolute Gasteiger partial charge is 0.279 e. The molecule has 2 amide bonds. The van der Waals surface area contributed by atoms with Crippen LogP contribution in [0.15, 0.2) is 24.3 Å². The molecular weight excluding hydrogens is 366 g/mol. The van der Waals surface area contributed by atoms with E-state index in [0.29, 0.717) is 13.0 Å². The van der Waals surface area contributed by atoms with Crippen LogP contribution in [-0.4, -0.2) is 69.4 Å². The van der Waals surface area contributed by atoms with Crippen molar-refractivity contribution in [3.05, 3.63) is 29.8 Å². The molecule has 1 aromatic rings. The zero-order valence-corrected chi connectivity index (χ0v) is 17.1. The first kappa shape index (κ1) is 21.4. The minimum atomic E-state index is -3.04. The van der Waals surface area contributed by atoms with E-state index < -0.39 is 9.84 Å². The van der Waals surface area contributed by atoms with E-state index in [2.05, 4.69) is 5.32 Å². The minimum Gasteiger partial charge on any atom is -0.337 e. The van der Waals surface area contributed by atoms with Crippen LogP contribution in [0.3, 0.4) is 0 Å². The highest BCUT2D eigenvalue weighted by Gasteiger charge is 2.33. The Hall–Kier alpha value is -1.93. The van der Waals surface area contributed by atoms with E-state index >= 15 is 0 Å². The van der Waals surface area contributed by atoms with Gasteiger partial charge in [-0.3, -0.25) is 9.59 Å². The maximum Gasteiger partial charge on any atom is 0.279 e. The number of likely N-dealkylation sites (N-methyl/N-ethyl adjacent to an activating group) is 1. The summed E-state index contributed by atoms with van der Waals surface area (Å²) in [7, 11) is -1.38. The number of rotatable bonds is 8. The summed E-state index contributed by atoms with van der Waals surface area (Å²) < 4.78 is 23.3. The second-order valence-electron chi connectivity index (χ2n) is 7.28. The molecule has 8 heteroatoms. The highest BCUT2D eigenvalue weighted by molar-refractivity contribution is 7.91. The van der Waals surface area contributed by atoms with Crippen molar-refractivity contribution < 1.29 is 22.9 Å². The molecule has 2 rings (SSSR count). The molecule has 7 nitrogen and oxygen atoms in total. The Bertz CT molecular complexity index is 779. The highest BCUT2D eigenvalue weighted by atomic mass is 32.2. The van der Waals surface area contributed by atoms with E-state index in [0.717, 1.165) is 22.6 Å². The fraction of sp³-hybridized carbons (Fsp3) is 0.579. The average molecular weight is 397 g/mol. The summed E-state index contributed by atoms with van der Waals surface area (Å²) in [6, 6.07) is 7.31. The topological polar surface area (TPSA) is 88.0 Å². The number of nitrogens with one attached hydrogen (secondary N) is 2. The number of aryl methyl sites for hydroxylation is 1. The lowest BCUT2D eigenvalue weighted by Gasteiger charge is -2.26. The summed E-state index contributed by atoms with van der Waals surface area (Å²) in [5.74, 6) is -0.0814. The number of benzene rings is 1. The zero-order chi connectivity index (χ0) is 20.0. The van der Waals surface area contributed by atoms with E-state index in [1.165, 1.54) is 0 Å². The highest BCUT2D eigenvalue weighted by Crippen LogP contribution is 2.16. The van der Waals surface area contributed by atoms with Gasteiger partial charge in [-0.15, -0.1) is 0 Å². The molecule has 2 atom stereocenters. The lowest BCUT2D eigenvalue weighted by atomic mass is 10.2. The van der Waals surface area contributed by atoms with Gasteiger partial charge in [0.25, 0.3) is 11.8 Å². The Morgan fingerprint density at radius 3 is 2.56 bits per heavy atom. The van der Waals surface area contributed by atoms with Gasteiger partial charge in [0.2, 0.25) is 0 Å². The molecule has 0 aliphatic carbocycles. The number of para-hydroxylation sites is 1. The second kappa shape index (κ2) is 9.32. The van der Waals surface area contributed by atoms with Crippen LogP contribution in [0.5, 0.6) is 0 Å². The van der Waals surface area contributed by atoms with Crippen molar-refractivity contribution in [3.63, 3.8) is 0 Å². The number of hydrogen-bond acceptors (Lipinski definition) is 4. The number of nitrogens with zero attached hydrogens (tertiary/aromatic N) is 1. The Morgan fingerprint density at radius 1 is 1.26 bits per heavy atom. The van der Waals surface area contributed by atoms with Crippen LogP contribution in [0.25, 0.3) is 0 Å². The number of quaternary nitrogens is 1. The molecule has 0 aromatic heterocycles. The van der Waals surface area contributed by atoms with Crippen molar-refractivity contribution in [2.24, 2.45) is 0 Å². The van der Waals surface area contributed by atoms with Gasteiger partial charge in [-0.2, -0.15) is 0 Å². The quantitative estimate of drug-likeness (QED) is 0.641. The lowest BCUT2D eigenvalue weighted by molar-refractivity contribution is -0.884. The summed E-state index contributed by atoms with van der Waals surface area (Å²) >= 11 is 0. The number of anilines is 1. The van der Waals surface area contributed by atoms with Gasteiger partial charge in [0, 0.05) is 18.8 Å². The number of sulfone groups is 1. The Morgan fingerprint density at radius 2 is 1.96 bits per heavy atom. The summed E-state index contributed by atoms with van der Waals surface area (Å²) in [6.07, 6.45) is 1.34. The van der Waals surface area contributed by atoms with Crippen molar-refractivity contribution >= 4 is 27.3 Å². The van der Waals surface area contributed by atoms with E-state index in [1.54, 1.807) is 11.9 Å². The number of amides is 2. The third-order valence-electron chi connectivity index (χ3n) is 4.98. The molecule has 1 fully saturated rings. The SMILES string of the molecule is CCC[NH+](CC(=O)Nc1ccccc1C)CC(=O)N(C)[C@H]1CCS(=O)(=O)C1. The van der Waals surface area contributed by atoms with E-state index in [4.69, 9.17) is 0 Å². The van der Waals surface area contributed by atoms with E-state index in [1.807, 2.05) is 38.1 Å². The molecule has 1 heterocycles. The molecule has 0 bridgehead atoms. The molecular formula is C19H30N3O4S+. The molecule has 1 aromatic carbocycles. The normalized spacial score (nSPS) is 19.4. The fourth-order valence-electron chi connectivity index (χ4n) is 3.35. The van der Waals surface area contributed by atoms with Crippen LogP contribution in [0.4, 0.5) is 5.69 Å². The predicted octanol–water partition coefficient (Wildman–Crippen LogP) is -0.126. The molecule has 0 radical (unpaired) electrons. The van der Waals surface area contributed by atoms with Crippen molar-refractivity contribution in [3.8, 4) is 0 Å². The maximum atomic E-state index is 12.6. The monoisotopic (exact) mass is 396 g/mol. The van der Waals surface area contributed by atoms with Gasteiger partial charge in [0.05, 0.1) is 18.1 Å². The molecule has 0 saturated carbocycles. The standard InChI is InChI=1S/C19H29N3O4S/c1-4-10-22(12-18(23)20-17-8-6-5-7-15(17)2)13-19(24)21(3)16-9-11-27(25,26)14-16/h5-8,16H,4,9-14H2,1-3H3,(H,20,23)/p+1/t16-/m0/s1. The third kappa shape index (κ3) is 6.32. The first-order valence-corrected chi connectivity index (χ1v) is 11.2. The fourth-order valence-corrected chi connectivity index (χ4v) is 5.12. The Labute approximate surface area is 161 Å². The molecule has 1 saturated heterocycles. The lowest BCUT2D eigenvalue weighted by Crippen LogP contribution is -3.14. The van der Waals surface area contributed by atoms with Gasteiger partial charge in [0.1, 0.15) is 0 Å². The van der Waals surface area contributed by atoms with Crippen molar-refractivity contribution in [2.45, 2.75) is 32.7 Å². The molecule has 2 N–H and O–H groups in total. The van der Waals surface area contributed by atoms with Gasteiger partial charge in [-0.25, -0.2) is 8.42 Å². The first-order valence-electron chi connectivity index (χ1n) is 9.37. The molecule has 27 heavy (non-hydrogen) atoms. The summed E-state index contributed by atoms with van der Waals surface area (Å²) in [6.45, 7) is 5.02. The van der Waals surface area contributed by atoms with Crippen molar-refractivity contribution in [1.29, 1.82) is 0 Å². The molecule has 150 valence electrons. The molecule has 1 unspecified atom stereocenters. The van der Waals surface area contributed by atoms with Crippen molar-refractivity contribution in [2.75, 3.05) is 43.5 Å². The largest absolute Gasteiger partial charge is 0.337 e. The van der Waals surface area contributed by atoms with E-state index in [9.17, 15) is 18.0 Å². The van der Waals surface area contributed by atoms with Gasteiger partial charge >= 0.3 is 0 Å². The first-order chi connectivity index (χ1) is 12.7. The second-order valence-corrected chi connectivity index (χ2v) is 9.51. The summed E-state index contributed by atoms with van der Waals surface area (Å²) in [5.41, 5.74) is 1.76. The average Bonchev–Trinajstić information content (AvgIpc) is 2.96. The predicted molar refractivity (Wildman–Crippen MR) is 105 cm³/mol. The minimum absolute atomic E-state index is 0.0339. The van der Waals surface area contributed by atoms with Crippen LogP contribution < -0.4 is 10.2 Å². The summed E-state index contributed by atoms with van der Waals surface area (Å²) in [5, 5.41) is 2.90. The van der Waals surface area contributed by atoms with Gasteiger partial charge < -0.3 is 15.1 Å². The van der Waals surface area contributed by atoms with Crippen LogP contribution in [0, 0.1) is 6.92 Å². The third-order valence-corrected chi connectivity index (χ3v) is 6.73. The van der Waals surface area contributed by atoms with Crippen LogP contribution in [0.2, 0.25) is 0 Å². The Kier molecular flexibility index (Phi) is 7.38. The van der Waals surface area contributed by atoms with Crippen LogP contribution >= 0.6 is 0 Å². The van der Waals surface area contributed by atoms with E-state index in [-0.39, 0.29) is 42.5 Å². The van der Waals surface area contributed by atoms with Gasteiger partial charge in [-0.05, 0) is 31.4 Å². The number of hydrogen-bond donors (Lipinski definition) is 2. The van der Waals surface area contributed by atoms with Crippen LogP contribution in [-0.2, 0) is 19.4 Å². The molecule has 0 spiro atoms. The van der Waals surface area contributed by atoms with Crippen molar-refractivity contribution in [1.82, 2.24) is 4.90 Å². The van der Waals surface area contributed by atoms with Gasteiger partial charge in [-0.1, -0.05) is 25.1 Å². The van der Waals surface area contributed by atoms with Gasteiger partial charge in [0.15, 0.2) is 22.9 Å². The maximum absolute atomic E-state index is 12.6. The molecule has 1 aliphatic rings.